The third kappa shape index (κ3) is 1.82. The zero-order valence-electron chi connectivity index (χ0n) is 6.42. The molecule has 64 valence electrons. The first-order valence-electron chi connectivity index (χ1n) is 3.11. The van der Waals surface area contributed by atoms with Crippen LogP contribution in [0.15, 0.2) is 4.79 Å². The van der Waals surface area contributed by atoms with Gasteiger partial charge in [0, 0.05) is 6.08 Å². The third-order valence-corrected chi connectivity index (χ3v) is 2.03. The van der Waals surface area contributed by atoms with Gasteiger partial charge in [0.1, 0.15) is 4.53 Å². The minimum absolute atomic E-state index is 0.310. The molecule has 0 spiro atoms. The maximum Gasteiger partial charge on any atom is 0.332 e. The standard InChI is InChI=1S/C7H7NO3S/c1-4-8-7(10)5(12-4)3-6(9)11-2/h3H,1H2,2H3,(H,8,10)/b5-3+. The number of ether oxygens (including phenoxy) is 1. The van der Waals surface area contributed by atoms with Crippen molar-refractivity contribution in [3.05, 3.63) is 19.5 Å². The Morgan fingerprint density at radius 3 is 2.83 bits per heavy atom. The molecule has 0 unspecified atom stereocenters. The van der Waals surface area contributed by atoms with Crippen LogP contribution in [0.4, 0.5) is 0 Å². The highest BCUT2D eigenvalue weighted by Crippen LogP contribution is 1.74. The number of carbonyl (C=O) groups excluding carboxylic acids is 1. The van der Waals surface area contributed by atoms with Gasteiger partial charge in [-0.3, -0.25) is 4.79 Å². The first kappa shape index (κ1) is 8.73. The average Bonchev–Trinajstić information content (AvgIpc) is 2.30. The van der Waals surface area contributed by atoms with Crippen LogP contribution in [-0.2, 0) is 9.53 Å². The van der Waals surface area contributed by atoms with E-state index < -0.39 is 5.97 Å². The van der Waals surface area contributed by atoms with Crippen molar-refractivity contribution in [2.75, 3.05) is 7.11 Å². The molecule has 0 bridgehead atoms. The van der Waals surface area contributed by atoms with Crippen molar-refractivity contribution in [2.24, 2.45) is 0 Å². The Balaban J connectivity index is 3.28. The van der Waals surface area contributed by atoms with E-state index in [-0.39, 0.29) is 5.56 Å². The Hall–Kier alpha value is -1.36. The van der Waals surface area contributed by atoms with Gasteiger partial charge in [0.2, 0.25) is 0 Å². The summed E-state index contributed by atoms with van der Waals surface area (Å²) in [5, 5.41) is 0. The highest BCUT2D eigenvalue weighted by Gasteiger charge is 1.96. The van der Waals surface area contributed by atoms with E-state index in [0.29, 0.717) is 9.20 Å². The largest absolute Gasteiger partial charge is 0.466 e. The molecule has 0 aliphatic carbocycles. The average molecular weight is 185 g/mol. The van der Waals surface area contributed by atoms with Crippen LogP contribution in [0.3, 0.4) is 0 Å². The number of H-pyrrole nitrogens is 1. The van der Waals surface area contributed by atoms with E-state index in [0.717, 1.165) is 17.4 Å². The summed E-state index contributed by atoms with van der Waals surface area (Å²) in [4.78, 5) is 24.1. The third-order valence-electron chi connectivity index (χ3n) is 1.16. The summed E-state index contributed by atoms with van der Waals surface area (Å²) < 4.78 is 5.19. The lowest BCUT2D eigenvalue weighted by Crippen LogP contribution is -2.21. The quantitative estimate of drug-likeness (QED) is 0.559. The highest BCUT2D eigenvalue weighted by molar-refractivity contribution is 7.07. The molecule has 5 heteroatoms. The number of rotatable bonds is 1. The van der Waals surface area contributed by atoms with Gasteiger partial charge >= 0.3 is 5.97 Å². The summed E-state index contributed by atoms with van der Waals surface area (Å²) in [5.74, 6) is -0.539. The van der Waals surface area contributed by atoms with E-state index in [9.17, 15) is 9.59 Å². The highest BCUT2D eigenvalue weighted by atomic mass is 32.1. The van der Waals surface area contributed by atoms with Gasteiger partial charge in [-0.15, -0.1) is 11.3 Å². The van der Waals surface area contributed by atoms with Gasteiger partial charge in [0.25, 0.3) is 5.56 Å². The second kappa shape index (κ2) is 3.36. The lowest BCUT2D eigenvalue weighted by atomic mass is 10.6. The predicted molar refractivity (Wildman–Crippen MR) is 46.2 cm³/mol. The molecule has 0 fully saturated rings. The molecular weight excluding hydrogens is 178 g/mol. The Morgan fingerprint density at radius 2 is 2.42 bits per heavy atom. The number of thiazole rings is 1. The van der Waals surface area contributed by atoms with Crippen molar-refractivity contribution in [2.45, 2.75) is 0 Å². The number of hydrogen-bond acceptors (Lipinski definition) is 4. The summed E-state index contributed by atoms with van der Waals surface area (Å²) in [6, 6.07) is 0. The monoisotopic (exact) mass is 185 g/mol. The van der Waals surface area contributed by atoms with E-state index >= 15 is 0 Å². The molecule has 0 saturated heterocycles. The van der Waals surface area contributed by atoms with Crippen molar-refractivity contribution >= 4 is 30.0 Å². The zero-order valence-corrected chi connectivity index (χ0v) is 7.23. The Labute approximate surface area is 71.8 Å². The van der Waals surface area contributed by atoms with Gasteiger partial charge in [-0.05, 0) is 0 Å². The van der Waals surface area contributed by atoms with Crippen LogP contribution in [-0.4, -0.2) is 18.1 Å². The smallest absolute Gasteiger partial charge is 0.332 e. The molecular formula is C7H7NO3S. The van der Waals surface area contributed by atoms with Gasteiger partial charge in [-0.25, -0.2) is 4.79 Å². The molecule has 0 aromatic carbocycles. The number of esters is 1. The van der Waals surface area contributed by atoms with Crippen molar-refractivity contribution in [1.82, 2.24) is 4.98 Å². The lowest BCUT2D eigenvalue weighted by molar-refractivity contribution is -0.133. The fourth-order valence-electron chi connectivity index (χ4n) is 0.654. The molecule has 1 heterocycles. The summed E-state index contributed by atoms with van der Waals surface area (Å²) >= 11 is 1.12. The van der Waals surface area contributed by atoms with Crippen LogP contribution >= 0.6 is 11.3 Å². The first-order chi connectivity index (χ1) is 5.63. The van der Waals surface area contributed by atoms with Crippen molar-refractivity contribution in [1.29, 1.82) is 0 Å². The first-order valence-corrected chi connectivity index (χ1v) is 3.93. The van der Waals surface area contributed by atoms with E-state index in [4.69, 9.17) is 0 Å². The van der Waals surface area contributed by atoms with Gasteiger partial charge < -0.3 is 9.72 Å². The Morgan fingerprint density at radius 1 is 1.75 bits per heavy atom. The SMILES string of the molecule is C=c1[nH]c(=O)/c(=C\C(=O)OC)s1. The van der Waals surface area contributed by atoms with Crippen LogP contribution in [0.25, 0.3) is 12.7 Å². The number of hydrogen-bond donors (Lipinski definition) is 1. The normalized spacial score (nSPS) is 11.6. The van der Waals surface area contributed by atoms with E-state index in [2.05, 4.69) is 16.3 Å². The van der Waals surface area contributed by atoms with Gasteiger partial charge in [0.15, 0.2) is 0 Å². The topological polar surface area (TPSA) is 59.2 Å². The van der Waals surface area contributed by atoms with Crippen LogP contribution in [0.2, 0.25) is 0 Å². The molecule has 0 amide bonds. The minimum Gasteiger partial charge on any atom is -0.466 e. The van der Waals surface area contributed by atoms with Gasteiger partial charge in [-0.2, -0.15) is 0 Å². The fourth-order valence-corrected chi connectivity index (χ4v) is 1.36. The van der Waals surface area contributed by atoms with Crippen LogP contribution < -0.4 is 14.8 Å². The number of aromatic nitrogens is 1. The minimum atomic E-state index is -0.539. The van der Waals surface area contributed by atoms with Crippen LogP contribution in [0.1, 0.15) is 0 Å². The van der Waals surface area contributed by atoms with E-state index in [1.807, 2.05) is 0 Å². The molecule has 1 rings (SSSR count). The fraction of sp³-hybridized carbons (Fsp3) is 0.143. The maximum atomic E-state index is 11.0. The maximum absolute atomic E-state index is 11.0. The van der Waals surface area contributed by atoms with Crippen molar-refractivity contribution in [3.63, 3.8) is 0 Å². The molecule has 0 saturated carbocycles. The molecule has 1 aromatic heterocycles. The summed E-state index contributed by atoms with van der Waals surface area (Å²) in [6.07, 6.45) is 1.14. The molecule has 0 aliphatic rings. The van der Waals surface area contributed by atoms with Crippen LogP contribution in [0, 0.1) is 0 Å². The van der Waals surface area contributed by atoms with Gasteiger partial charge in [-0.1, -0.05) is 6.58 Å². The molecule has 1 N–H and O–H groups in total. The van der Waals surface area contributed by atoms with E-state index in [1.165, 1.54) is 7.11 Å². The molecule has 4 nitrogen and oxygen atoms in total. The lowest BCUT2D eigenvalue weighted by Gasteiger charge is -1.85. The summed E-state index contributed by atoms with van der Waals surface area (Å²) in [6.45, 7) is 3.53. The zero-order chi connectivity index (χ0) is 9.14. The molecule has 0 radical (unpaired) electrons. The molecule has 0 aliphatic heterocycles. The van der Waals surface area contributed by atoms with Gasteiger partial charge in [0.05, 0.1) is 11.8 Å². The summed E-state index contributed by atoms with van der Waals surface area (Å²) in [7, 11) is 1.26. The van der Waals surface area contributed by atoms with Crippen molar-refractivity contribution < 1.29 is 9.53 Å². The molecule has 1 aromatic rings. The number of methoxy groups -OCH3 is 1. The van der Waals surface area contributed by atoms with Crippen LogP contribution in [0.5, 0.6) is 0 Å². The number of aromatic amines is 1. The summed E-state index contributed by atoms with van der Waals surface area (Å²) in [5.41, 5.74) is -0.310. The Kier molecular flexibility index (Phi) is 2.44. The molecule has 0 atom stereocenters. The molecule has 12 heavy (non-hydrogen) atoms. The Bertz CT molecular complexity index is 442. The second-order valence-electron chi connectivity index (χ2n) is 2.01. The predicted octanol–water partition coefficient (Wildman–Crippen LogP) is -1.20. The number of carbonyl (C=O) groups is 1. The second-order valence-corrected chi connectivity index (χ2v) is 3.15. The van der Waals surface area contributed by atoms with Crippen molar-refractivity contribution in [3.8, 4) is 0 Å². The van der Waals surface area contributed by atoms with E-state index in [1.54, 1.807) is 0 Å². The number of nitrogens with one attached hydrogen (secondary N) is 1.